The predicted octanol–water partition coefficient (Wildman–Crippen LogP) is 1.73. The first kappa shape index (κ1) is 7.62. The molecule has 0 saturated heterocycles. The minimum absolute atomic E-state index is 0.402. The smallest absolute Gasteiger partial charge is 0.128 e. The highest BCUT2D eigenvalue weighted by molar-refractivity contribution is 5.48. The quantitative estimate of drug-likeness (QED) is 0.632. The molecule has 2 nitrogen and oxygen atoms in total. The lowest BCUT2D eigenvalue weighted by atomic mass is 10.0. The molecule has 1 heterocycles. The molecular formula is C10H12O2. The second-order valence-corrected chi connectivity index (χ2v) is 3.25. The van der Waals surface area contributed by atoms with E-state index in [0.29, 0.717) is 6.61 Å². The van der Waals surface area contributed by atoms with Crippen LogP contribution in [0.1, 0.15) is 22.8 Å². The standard InChI is InChI=1S/C10H12O2/c1-6-3-4-8-9(11)5-12-10(8)7(6)2/h3-4,9,11H,5H2,1-2H3. The minimum atomic E-state index is -0.431. The first-order valence-electron chi connectivity index (χ1n) is 4.11. The van der Waals surface area contributed by atoms with Gasteiger partial charge in [0.2, 0.25) is 0 Å². The second-order valence-electron chi connectivity index (χ2n) is 3.25. The second kappa shape index (κ2) is 2.49. The Morgan fingerprint density at radius 1 is 1.42 bits per heavy atom. The number of ether oxygens (including phenoxy) is 1. The molecule has 1 atom stereocenters. The summed E-state index contributed by atoms with van der Waals surface area (Å²) in [5.41, 5.74) is 3.28. The fourth-order valence-corrected chi connectivity index (χ4v) is 1.52. The van der Waals surface area contributed by atoms with Crippen molar-refractivity contribution in [2.75, 3.05) is 6.61 Å². The monoisotopic (exact) mass is 164 g/mol. The van der Waals surface area contributed by atoms with Crippen molar-refractivity contribution in [3.8, 4) is 5.75 Å². The maximum absolute atomic E-state index is 9.47. The summed E-state index contributed by atoms with van der Waals surface area (Å²) in [7, 11) is 0. The van der Waals surface area contributed by atoms with Crippen molar-refractivity contribution < 1.29 is 9.84 Å². The van der Waals surface area contributed by atoms with Gasteiger partial charge in [-0.25, -0.2) is 0 Å². The Hall–Kier alpha value is -1.02. The highest BCUT2D eigenvalue weighted by Crippen LogP contribution is 2.36. The number of benzene rings is 1. The lowest BCUT2D eigenvalue weighted by Crippen LogP contribution is -1.97. The average Bonchev–Trinajstić information content (AvgIpc) is 2.41. The van der Waals surface area contributed by atoms with Crippen LogP contribution in [0, 0.1) is 13.8 Å². The van der Waals surface area contributed by atoms with Crippen molar-refractivity contribution in [3.63, 3.8) is 0 Å². The van der Waals surface area contributed by atoms with E-state index in [2.05, 4.69) is 0 Å². The van der Waals surface area contributed by atoms with Crippen LogP contribution in [-0.2, 0) is 0 Å². The lowest BCUT2D eigenvalue weighted by Gasteiger charge is -2.05. The fraction of sp³-hybridized carbons (Fsp3) is 0.400. The highest BCUT2D eigenvalue weighted by atomic mass is 16.5. The third-order valence-corrected chi connectivity index (χ3v) is 2.45. The zero-order valence-electron chi connectivity index (χ0n) is 7.29. The van der Waals surface area contributed by atoms with E-state index >= 15 is 0 Å². The minimum Gasteiger partial charge on any atom is -0.490 e. The topological polar surface area (TPSA) is 29.5 Å². The Kier molecular flexibility index (Phi) is 1.58. The number of aliphatic hydroxyl groups excluding tert-OH is 1. The molecule has 1 aromatic carbocycles. The molecular weight excluding hydrogens is 152 g/mol. The summed E-state index contributed by atoms with van der Waals surface area (Å²) in [4.78, 5) is 0. The summed E-state index contributed by atoms with van der Waals surface area (Å²) < 4.78 is 5.37. The van der Waals surface area contributed by atoms with Crippen molar-refractivity contribution >= 4 is 0 Å². The molecule has 0 radical (unpaired) electrons. The van der Waals surface area contributed by atoms with E-state index in [4.69, 9.17) is 4.74 Å². The third kappa shape index (κ3) is 0.916. The average molecular weight is 164 g/mol. The van der Waals surface area contributed by atoms with Crippen molar-refractivity contribution in [2.45, 2.75) is 20.0 Å². The van der Waals surface area contributed by atoms with E-state index in [-0.39, 0.29) is 0 Å². The maximum atomic E-state index is 9.47. The summed E-state index contributed by atoms with van der Waals surface area (Å²) in [6.45, 7) is 4.47. The summed E-state index contributed by atoms with van der Waals surface area (Å²) in [5, 5.41) is 9.47. The Labute approximate surface area is 71.8 Å². The van der Waals surface area contributed by atoms with Crippen LogP contribution < -0.4 is 4.74 Å². The Balaban J connectivity index is 2.60. The fourth-order valence-electron chi connectivity index (χ4n) is 1.52. The van der Waals surface area contributed by atoms with E-state index in [0.717, 1.165) is 16.9 Å². The van der Waals surface area contributed by atoms with Crippen molar-refractivity contribution in [2.24, 2.45) is 0 Å². The van der Waals surface area contributed by atoms with Gasteiger partial charge in [-0.2, -0.15) is 0 Å². The molecule has 0 fully saturated rings. The summed E-state index contributed by atoms with van der Waals surface area (Å²) in [6, 6.07) is 3.96. The zero-order valence-corrected chi connectivity index (χ0v) is 7.29. The maximum Gasteiger partial charge on any atom is 0.128 e. The molecule has 0 amide bonds. The van der Waals surface area contributed by atoms with E-state index < -0.39 is 6.10 Å². The lowest BCUT2D eigenvalue weighted by molar-refractivity contribution is 0.140. The van der Waals surface area contributed by atoms with Crippen LogP contribution in [0.25, 0.3) is 0 Å². The molecule has 0 saturated carbocycles. The zero-order chi connectivity index (χ0) is 8.72. The van der Waals surface area contributed by atoms with Crippen LogP contribution >= 0.6 is 0 Å². The normalized spacial score (nSPS) is 20.4. The van der Waals surface area contributed by atoms with E-state index in [1.54, 1.807) is 0 Å². The van der Waals surface area contributed by atoms with Gasteiger partial charge in [0.05, 0.1) is 0 Å². The molecule has 12 heavy (non-hydrogen) atoms. The van der Waals surface area contributed by atoms with Crippen molar-refractivity contribution in [3.05, 3.63) is 28.8 Å². The van der Waals surface area contributed by atoms with Gasteiger partial charge in [0.25, 0.3) is 0 Å². The number of hydrogen-bond donors (Lipinski definition) is 1. The highest BCUT2D eigenvalue weighted by Gasteiger charge is 2.23. The van der Waals surface area contributed by atoms with E-state index in [9.17, 15) is 5.11 Å². The molecule has 1 aromatic rings. The first-order chi connectivity index (χ1) is 5.70. The van der Waals surface area contributed by atoms with Crippen molar-refractivity contribution in [1.82, 2.24) is 0 Å². The first-order valence-corrected chi connectivity index (χ1v) is 4.11. The predicted molar refractivity (Wildman–Crippen MR) is 46.4 cm³/mol. The molecule has 1 aliphatic heterocycles. The molecule has 1 N–H and O–H groups in total. The van der Waals surface area contributed by atoms with Gasteiger partial charge >= 0.3 is 0 Å². The van der Waals surface area contributed by atoms with Crippen LogP contribution in [-0.4, -0.2) is 11.7 Å². The summed E-state index contributed by atoms with van der Waals surface area (Å²) in [5.74, 6) is 0.877. The number of aryl methyl sites for hydroxylation is 1. The molecule has 0 aliphatic carbocycles. The molecule has 0 bridgehead atoms. The third-order valence-electron chi connectivity index (χ3n) is 2.45. The van der Waals surface area contributed by atoms with Gasteiger partial charge in [0.15, 0.2) is 0 Å². The number of hydrogen-bond acceptors (Lipinski definition) is 2. The van der Waals surface area contributed by atoms with Gasteiger partial charge in [-0.1, -0.05) is 12.1 Å². The molecule has 1 aliphatic rings. The Morgan fingerprint density at radius 2 is 2.17 bits per heavy atom. The molecule has 2 rings (SSSR count). The van der Waals surface area contributed by atoms with Crippen LogP contribution in [0.5, 0.6) is 5.75 Å². The van der Waals surface area contributed by atoms with Gasteiger partial charge in [-0.05, 0) is 25.0 Å². The van der Waals surface area contributed by atoms with Crippen LogP contribution in [0.3, 0.4) is 0 Å². The van der Waals surface area contributed by atoms with E-state index in [1.807, 2.05) is 26.0 Å². The van der Waals surface area contributed by atoms with Gasteiger partial charge in [0.1, 0.15) is 18.5 Å². The van der Waals surface area contributed by atoms with Gasteiger partial charge in [-0.15, -0.1) is 0 Å². The largest absolute Gasteiger partial charge is 0.490 e. The Bertz CT molecular complexity index is 318. The molecule has 0 aromatic heterocycles. The van der Waals surface area contributed by atoms with Gasteiger partial charge in [0, 0.05) is 5.56 Å². The number of aliphatic hydroxyl groups is 1. The van der Waals surface area contributed by atoms with Crippen LogP contribution in [0.15, 0.2) is 12.1 Å². The van der Waals surface area contributed by atoms with Gasteiger partial charge in [-0.3, -0.25) is 0 Å². The van der Waals surface area contributed by atoms with Crippen LogP contribution in [0.2, 0.25) is 0 Å². The van der Waals surface area contributed by atoms with Crippen molar-refractivity contribution in [1.29, 1.82) is 0 Å². The van der Waals surface area contributed by atoms with E-state index in [1.165, 1.54) is 5.56 Å². The summed E-state index contributed by atoms with van der Waals surface area (Å²) in [6.07, 6.45) is -0.431. The molecule has 2 heteroatoms. The number of fused-ring (bicyclic) bond motifs is 1. The van der Waals surface area contributed by atoms with Crippen LogP contribution in [0.4, 0.5) is 0 Å². The molecule has 1 unspecified atom stereocenters. The Morgan fingerprint density at radius 3 is 2.92 bits per heavy atom. The molecule has 64 valence electrons. The van der Waals surface area contributed by atoms with Gasteiger partial charge < -0.3 is 9.84 Å². The summed E-state index contributed by atoms with van der Waals surface area (Å²) >= 11 is 0. The number of rotatable bonds is 0. The molecule has 0 spiro atoms. The SMILES string of the molecule is Cc1ccc2c(c1C)OCC2O.